The first kappa shape index (κ1) is 19.0. The number of hydrogen-bond donors (Lipinski definition) is 2. The SMILES string of the molecule is CCn1c(=O)oc2cc(S(=O)(=O)Nc3cc(-c4ccccc4C)[nH]n3)c(C)cc21. The number of sulfonamides is 1. The lowest BCUT2D eigenvalue weighted by Crippen LogP contribution is -2.15. The van der Waals surface area contributed by atoms with Crippen LogP contribution in [0.25, 0.3) is 22.4 Å². The molecular formula is C20H20N4O4S. The molecule has 0 bridgehead atoms. The number of benzene rings is 2. The molecule has 0 spiro atoms. The average Bonchev–Trinajstić information content (AvgIpc) is 3.24. The highest BCUT2D eigenvalue weighted by Gasteiger charge is 2.22. The maximum atomic E-state index is 12.9. The van der Waals surface area contributed by atoms with Crippen molar-refractivity contribution in [3.05, 3.63) is 64.1 Å². The topological polar surface area (TPSA) is 110 Å². The van der Waals surface area contributed by atoms with Gasteiger partial charge in [0.25, 0.3) is 10.0 Å². The predicted octanol–water partition coefficient (Wildman–Crippen LogP) is 3.42. The smallest absolute Gasteiger partial charge is 0.408 e. The molecule has 2 aromatic carbocycles. The van der Waals surface area contributed by atoms with Gasteiger partial charge in [-0.2, -0.15) is 5.10 Å². The van der Waals surface area contributed by atoms with Gasteiger partial charge in [0, 0.05) is 24.2 Å². The van der Waals surface area contributed by atoms with Crippen LogP contribution in [0.4, 0.5) is 5.82 Å². The minimum absolute atomic E-state index is 0.0300. The van der Waals surface area contributed by atoms with Gasteiger partial charge in [0.05, 0.1) is 16.1 Å². The largest absolute Gasteiger partial charge is 0.419 e. The van der Waals surface area contributed by atoms with Crippen molar-refractivity contribution in [3.8, 4) is 11.3 Å². The second-order valence-corrected chi connectivity index (χ2v) is 8.44. The maximum absolute atomic E-state index is 12.9. The van der Waals surface area contributed by atoms with Gasteiger partial charge >= 0.3 is 5.76 Å². The molecule has 0 saturated heterocycles. The van der Waals surface area contributed by atoms with Crippen LogP contribution in [0.1, 0.15) is 18.1 Å². The summed E-state index contributed by atoms with van der Waals surface area (Å²) in [6.45, 7) is 5.90. The Labute approximate surface area is 167 Å². The van der Waals surface area contributed by atoms with Crippen LogP contribution in [0.3, 0.4) is 0 Å². The summed E-state index contributed by atoms with van der Waals surface area (Å²) in [5.41, 5.74) is 3.98. The molecule has 0 unspecified atom stereocenters. The highest BCUT2D eigenvalue weighted by molar-refractivity contribution is 7.92. The minimum Gasteiger partial charge on any atom is -0.408 e. The molecule has 0 aliphatic carbocycles. The Morgan fingerprint density at radius 1 is 1.14 bits per heavy atom. The van der Waals surface area contributed by atoms with Crippen molar-refractivity contribution in [2.75, 3.05) is 4.72 Å². The van der Waals surface area contributed by atoms with Crippen LogP contribution in [0.15, 0.2) is 56.6 Å². The van der Waals surface area contributed by atoms with E-state index < -0.39 is 15.8 Å². The third kappa shape index (κ3) is 3.33. The van der Waals surface area contributed by atoms with Gasteiger partial charge < -0.3 is 4.42 Å². The van der Waals surface area contributed by atoms with Crippen molar-refractivity contribution in [2.24, 2.45) is 0 Å². The van der Waals surface area contributed by atoms with E-state index in [2.05, 4.69) is 14.9 Å². The summed E-state index contributed by atoms with van der Waals surface area (Å²) in [5.74, 6) is -0.338. The number of aromatic amines is 1. The average molecular weight is 412 g/mol. The summed E-state index contributed by atoms with van der Waals surface area (Å²) >= 11 is 0. The number of H-pyrrole nitrogens is 1. The van der Waals surface area contributed by atoms with Gasteiger partial charge in [0.1, 0.15) is 0 Å². The number of nitrogens with one attached hydrogen (secondary N) is 2. The predicted molar refractivity (Wildman–Crippen MR) is 110 cm³/mol. The zero-order chi connectivity index (χ0) is 20.8. The molecule has 2 aromatic heterocycles. The number of anilines is 1. The summed E-state index contributed by atoms with van der Waals surface area (Å²) in [6.07, 6.45) is 0. The molecule has 2 heterocycles. The fraction of sp³-hybridized carbons (Fsp3) is 0.200. The van der Waals surface area contributed by atoms with Crippen molar-refractivity contribution in [2.45, 2.75) is 32.2 Å². The van der Waals surface area contributed by atoms with E-state index in [0.29, 0.717) is 23.3 Å². The lowest BCUT2D eigenvalue weighted by Gasteiger charge is -2.08. The molecule has 0 amide bonds. The Balaban J connectivity index is 1.70. The third-order valence-electron chi connectivity index (χ3n) is 4.82. The standard InChI is InChI=1S/C20H20N4O4S/c1-4-24-16-9-13(3)18(11-17(16)28-20(24)25)29(26,27)23-19-10-15(21-22-19)14-8-6-5-7-12(14)2/h5-11H,4H2,1-3H3,(H2,21,22,23). The third-order valence-corrected chi connectivity index (χ3v) is 6.32. The lowest BCUT2D eigenvalue weighted by atomic mass is 10.1. The van der Waals surface area contributed by atoms with Crippen LogP contribution in [0.2, 0.25) is 0 Å². The van der Waals surface area contributed by atoms with Gasteiger partial charge in [-0.15, -0.1) is 0 Å². The Hall–Kier alpha value is -3.33. The van der Waals surface area contributed by atoms with Gasteiger partial charge in [-0.1, -0.05) is 24.3 Å². The first-order chi connectivity index (χ1) is 13.8. The molecule has 0 aliphatic rings. The number of oxazole rings is 1. The highest BCUT2D eigenvalue weighted by atomic mass is 32.2. The van der Waals surface area contributed by atoms with Crippen molar-refractivity contribution in [1.29, 1.82) is 0 Å². The highest BCUT2D eigenvalue weighted by Crippen LogP contribution is 2.27. The Morgan fingerprint density at radius 2 is 1.90 bits per heavy atom. The van der Waals surface area contributed by atoms with Crippen LogP contribution in [-0.4, -0.2) is 23.2 Å². The van der Waals surface area contributed by atoms with Gasteiger partial charge in [-0.05, 0) is 38.0 Å². The van der Waals surface area contributed by atoms with Crippen LogP contribution >= 0.6 is 0 Å². The molecule has 0 aliphatic heterocycles. The van der Waals surface area contributed by atoms with Crippen LogP contribution in [-0.2, 0) is 16.6 Å². The zero-order valence-electron chi connectivity index (χ0n) is 16.2. The van der Waals surface area contributed by atoms with E-state index >= 15 is 0 Å². The molecule has 4 rings (SSSR count). The fourth-order valence-corrected chi connectivity index (χ4v) is 4.60. The first-order valence-electron chi connectivity index (χ1n) is 9.08. The second kappa shape index (κ2) is 6.93. The van der Waals surface area contributed by atoms with Crippen LogP contribution < -0.4 is 10.5 Å². The summed E-state index contributed by atoms with van der Waals surface area (Å²) < 4.78 is 35.0. The summed E-state index contributed by atoms with van der Waals surface area (Å²) in [6, 6.07) is 12.4. The van der Waals surface area contributed by atoms with Crippen molar-refractivity contribution >= 4 is 26.9 Å². The number of hydrogen-bond acceptors (Lipinski definition) is 5. The minimum atomic E-state index is -3.93. The zero-order valence-corrected chi connectivity index (χ0v) is 17.0. The number of fused-ring (bicyclic) bond motifs is 1. The quantitative estimate of drug-likeness (QED) is 0.522. The van der Waals surface area contributed by atoms with E-state index in [1.54, 1.807) is 19.1 Å². The van der Waals surface area contributed by atoms with E-state index in [1.165, 1.54) is 10.6 Å². The molecule has 2 N–H and O–H groups in total. The Kier molecular flexibility index (Phi) is 4.54. The number of aromatic nitrogens is 3. The van der Waals surface area contributed by atoms with E-state index in [9.17, 15) is 13.2 Å². The van der Waals surface area contributed by atoms with Gasteiger partial charge in [-0.3, -0.25) is 14.4 Å². The summed E-state index contributed by atoms with van der Waals surface area (Å²) in [7, 11) is -3.93. The van der Waals surface area contributed by atoms with Crippen molar-refractivity contribution in [1.82, 2.24) is 14.8 Å². The van der Waals surface area contributed by atoms with E-state index in [1.807, 2.05) is 38.1 Å². The normalized spacial score (nSPS) is 11.8. The van der Waals surface area contributed by atoms with Crippen molar-refractivity contribution < 1.29 is 12.8 Å². The molecule has 4 aromatic rings. The molecule has 0 radical (unpaired) electrons. The molecule has 8 nitrogen and oxygen atoms in total. The summed E-state index contributed by atoms with van der Waals surface area (Å²) in [4.78, 5) is 11.9. The first-order valence-corrected chi connectivity index (χ1v) is 10.6. The van der Waals surface area contributed by atoms with E-state index in [4.69, 9.17) is 4.42 Å². The molecule has 0 saturated carbocycles. The van der Waals surface area contributed by atoms with Crippen LogP contribution in [0, 0.1) is 13.8 Å². The molecule has 150 valence electrons. The van der Waals surface area contributed by atoms with Crippen LogP contribution in [0.5, 0.6) is 0 Å². The molecular weight excluding hydrogens is 392 g/mol. The van der Waals surface area contributed by atoms with Gasteiger partial charge in [-0.25, -0.2) is 13.2 Å². The fourth-order valence-electron chi connectivity index (χ4n) is 3.36. The summed E-state index contributed by atoms with van der Waals surface area (Å²) in [5, 5.41) is 6.93. The molecule has 29 heavy (non-hydrogen) atoms. The molecule has 0 fully saturated rings. The lowest BCUT2D eigenvalue weighted by molar-refractivity contribution is 0.512. The van der Waals surface area contributed by atoms with E-state index in [-0.39, 0.29) is 16.3 Å². The maximum Gasteiger partial charge on any atom is 0.419 e. The van der Waals surface area contributed by atoms with Gasteiger partial charge in [0.15, 0.2) is 11.4 Å². The second-order valence-electron chi connectivity index (χ2n) is 6.78. The number of nitrogens with zero attached hydrogens (tertiary/aromatic N) is 2. The van der Waals surface area contributed by atoms with E-state index in [0.717, 1.165) is 11.1 Å². The number of rotatable bonds is 5. The van der Waals surface area contributed by atoms with Gasteiger partial charge in [0.2, 0.25) is 0 Å². The molecule has 9 heteroatoms. The number of aryl methyl sites for hydroxylation is 3. The van der Waals surface area contributed by atoms with Crippen molar-refractivity contribution in [3.63, 3.8) is 0 Å². The Bertz CT molecular complexity index is 1380. The monoisotopic (exact) mass is 412 g/mol. The Morgan fingerprint density at radius 3 is 2.62 bits per heavy atom. The molecule has 0 atom stereocenters.